The molecule has 0 unspecified atom stereocenters. The maximum absolute atomic E-state index is 5.90. The van der Waals surface area contributed by atoms with Crippen molar-refractivity contribution >= 4 is 56.8 Å². The third-order valence-corrected chi connectivity index (χ3v) is 14.1. The van der Waals surface area contributed by atoms with E-state index < -0.39 is 25.9 Å². The maximum atomic E-state index is 5.90. The summed E-state index contributed by atoms with van der Waals surface area (Å²) >= 11 is 0. The van der Waals surface area contributed by atoms with Crippen molar-refractivity contribution in [2.45, 2.75) is 113 Å². The van der Waals surface area contributed by atoms with Crippen LogP contribution >= 0.6 is 0 Å². The monoisotopic (exact) mass is 638 g/mol. The summed E-state index contributed by atoms with van der Waals surface area (Å²) in [5.41, 5.74) is 0. The summed E-state index contributed by atoms with van der Waals surface area (Å²) in [5, 5.41) is 2.92. The molecule has 0 saturated carbocycles. The lowest BCUT2D eigenvalue weighted by Crippen LogP contribution is -2.41. The zero-order valence-corrected chi connectivity index (χ0v) is 34.1. The van der Waals surface area contributed by atoms with Crippen LogP contribution in [0.1, 0.15) is 67.2 Å². The highest BCUT2D eigenvalue weighted by Crippen LogP contribution is 2.10. The molecule has 0 aliphatic carbocycles. The topological polar surface area (TPSA) is 18.5 Å². The van der Waals surface area contributed by atoms with Crippen LogP contribution in [-0.2, 0) is 8.23 Å². The average molecular weight is 639 g/mol. The van der Waals surface area contributed by atoms with Crippen LogP contribution in [0.25, 0.3) is 0 Å². The van der Waals surface area contributed by atoms with Crippen LogP contribution in [0.3, 0.4) is 0 Å². The quantitative estimate of drug-likeness (QED) is 0.150. The summed E-state index contributed by atoms with van der Waals surface area (Å²) in [6.07, 6.45) is 11.4. The van der Waals surface area contributed by atoms with Gasteiger partial charge in [-0.25, -0.2) is 0 Å². The molecule has 2 aromatic rings. The fraction of sp³-hybridized carbons (Fsp3) is 0.515. The third-order valence-electron chi connectivity index (χ3n) is 4.44. The van der Waals surface area contributed by atoms with Crippen molar-refractivity contribution in [2.75, 3.05) is 0 Å². The Morgan fingerprint density at radius 3 is 1.05 bits per heavy atom. The Labute approximate surface area is 263 Å². The van der Waals surface area contributed by atoms with E-state index in [2.05, 4.69) is 121 Å². The van der Waals surface area contributed by atoms with Crippen molar-refractivity contribution < 1.29 is 8.23 Å². The molecule has 0 radical (unpaired) electrons. The minimum Gasteiger partial charge on any atom is -0.439 e. The predicted octanol–water partition coefficient (Wildman–Crippen LogP) is 7.89. The molecule has 0 aliphatic heterocycles. The standard InChI is InChI=1S/C7H22O2Si3.2C6H8Si.2C6H12.2CH4/c1-10(8-11(2,3)4)9-12(5,6)7;2*7-6-4-2-1-3-5-6;2*1-3-5-6-4-2;;/h10H,1-7H3;2*1-5H,7H3;2*3H,1,4-6H2,2H3;2*1H4. The molecular weight excluding hydrogens is 569 g/mol. The van der Waals surface area contributed by atoms with E-state index in [0.717, 1.165) is 0 Å². The van der Waals surface area contributed by atoms with E-state index in [9.17, 15) is 0 Å². The summed E-state index contributed by atoms with van der Waals surface area (Å²) in [7, 11) is -1.70. The molecule has 2 nitrogen and oxygen atoms in total. The molecule has 0 amide bonds. The van der Waals surface area contributed by atoms with Crippen LogP contribution in [0.5, 0.6) is 0 Å². The van der Waals surface area contributed by atoms with Crippen molar-refractivity contribution in [3.63, 3.8) is 0 Å². The van der Waals surface area contributed by atoms with E-state index >= 15 is 0 Å². The van der Waals surface area contributed by atoms with Gasteiger partial charge in [0.15, 0.2) is 16.6 Å². The first kappa shape index (κ1) is 48.6. The van der Waals surface area contributed by atoms with Gasteiger partial charge in [-0.2, -0.15) is 0 Å². The molecule has 0 atom stereocenters. The fourth-order valence-electron chi connectivity index (χ4n) is 2.79. The van der Waals surface area contributed by atoms with Crippen LogP contribution in [0.15, 0.2) is 86.0 Å². The molecule has 0 bridgehead atoms. The summed E-state index contributed by atoms with van der Waals surface area (Å²) < 4.78 is 11.8. The average Bonchev–Trinajstić information content (AvgIpc) is 2.81. The molecule has 0 heterocycles. The third kappa shape index (κ3) is 49.8. The molecular formula is C33H70O2Si5. The van der Waals surface area contributed by atoms with E-state index in [-0.39, 0.29) is 14.9 Å². The van der Waals surface area contributed by atoms with Gasteiger partial charge in [0.1, 0.15) is 0 Å². The lowest BCUT2D eigenvalue weighted by atomic mass is 10.3. The Kier molecular flexibility index (Phi) is 39.4. The van der Waals surface area contributed by atoms with E-state index in [0.29, 0.717) is 0 Å². The van der Waals surface area contributed by atoms with Crippen molar-refractivity contribution in [1.29, 1.82) is 0 Å². The number of hydrogen-bond acceptors (Lipinski definition) is 2. The largest absolute Gasteiger partial charge is 0.439 e. The first-order valence-electron chi connectivity index (χ1n) is 14.3. The lowest BCUT2D eigenvalue weighted by Gasteiger charge is -2.28. The molecule has 0 saturated heterocycles. The van der Waals surface area contributed by atoms with Gasteiger partial charge in [0, 0.05) is 20.5 Å². The van der Waals surface area contributed by atoms with Gasteiger partial charge in [-0.1, -0.05) is 138 Å². The van der Waals surface area contributed by atoms with E-state index in [1.165, 1.54) is 69.4 Å². The van der Waals surface area contributed by atoms with Gasteiger partial charge in [0.25, 0.3) is 9.28 Å². The molecule has 0 spiro atoms. The number of rotatable bonds is 10. The number of allylic oxidation sites excluding steroid dienone is 2. The second kappa shape index (κ2) is 32.4. The molecule has 0 fully saturated rings. The van der Waals surface area contributed by atoms with E-state index in [4.69, 9.17) is 8.23 Å². The van der Waals surface area contributed by atoms with Gasteiger partial charge in [0.2, 0.25) is 0 Å². The fourth-order valence-corrected chi connectivity index (χ4v) is 12.1. The summed E-state index contributed by atoms with van der Waals surface area (Å²) in [4.78, 5) is 0. The molecule has 40 heavy (non-hydrogen) atoms. The van der Waals surface area contributed by atoms with Gasteiger partial charge in [-0.3, -0.25) is 0 Å². The smallest absolute Gasteiger partial charge is 0.297 e. The van der Waals surface area contributed by atoms with Crippen molar-refractivity contribution in [1.82, 2.24) is 0 Å². The lowest BCUT2D eigenvalue weighted by molar-refractivity contribution is 0.428. The highest BCUT2D eigenvalue weighted by Gasteiger charge is 2.24. The van der Waals surface area contributed by atoms with Crippen molar-refractivity contribution in [3.05, 3.63) is 86.0 Å². The minimum atomic E-state index is -1.36. The Morgan fingerprint density at radius 2 is 0.925 bits per heavy atom. The highest BCUT2D eigenvalue weighted by molar-refractivity contribution is 6.80. The van der Waals surface area contributed by atoms with Crippen LogP contribution in [0, 0.1) is 0 Å². The van der Waals surface area contributed by atoms with Crippen LogP contribution in [0.2, 0.25) is 45.8 Å². The molecule has 0 aromatic heterocycles. The first-order valence-corrected chi connectivity index (χ1v) is 25.2. The van der Waals surface area contributed by atoms with Crippen molar-refractivity contribution in [3.8, 4) is 0 Å². The Balaban J connectivity index is -0.000000130. The van der Waals surface area contributed by atoms with Crippen molar-refractivity contribution in [2.24, 2.45) is 0 Å². The summed E-state index contributed by atoms with van der Waals surface area (Å²) in [5.74, 6) is 0. The van der Waals surface area contributed by atoms with Crippen LogP contribution in [-0.4, -0.2) is 46.4 Å². The van der Waals surface area contributed by atoms with Gasteiger partial charge in [0.05, 0.1) is 0 Å². The Bertz CT molecular complexity index is 692. The molecule has 2 rings (SSSR count). The Hall–Kier alpha value is -1.08. The zero-order valence-electron chi connectivity index (χ0n) is 27.0. The summed E-state index contributed by atoms with van der Waals surface area (Å²) in [6, 6.07) is 21.0. The second-order valence-corrected chi connectivity index (χ2v) is 25.0. The summed E-state index contributed by atoms with van der Waals surface area (Å²) in [6.45, 7) is 27.0. The van der Waals surface area contributed by atoms with Gasteiger partial charge >= 0.3 is 0 Å². The normalized spacial score (nSPS) is 9.85. The molecule has 0 N–H and O–H groups in total. The first-order chi connectivity index (χ1) is 17.7. The molecule has 0 aliphatic rings. The Morgan fingerprint density at radius 1 is 0.650 bits per heavy atom. The predicted molar refractivity (Wildman–Crippen MR) is 207 cm³/mol. The highest BCUT2D eigenvalue weighted by atomic mass is 28.4. The zero-order chi connectivity index (χ0) is 29.9. The molecule has 2 aromatic carbocycles. The molecule has 7 heteroatoms. The van der Waals surface area contributed by atoms with Gasteiger partial charge in [-0.15, -0.1) is 13.2 Å². The maximum Gasteiger partial charge on any atom is 0.297 e. The van der Waals surface area contributed by atoms with E-state index in [1.807, 2.05) is 24.3 Å². The van der Waals surface area contributed by atoms with Gasteiger partial charge in [-0.05, 0) is 58.7 Å². The number of hydrogen-bond donors (Lipinski definition) is 0. The van der Waals surface area contributed by atoms with Gasteiger partial charge < -0.3 is 8.23 Å². The van der Waals surface area contributed by atoms with Crippen LogP contribution < -0.4 is 10.4 Å². The molecule has 234 valence electrons. The number of benzene rings is 2. The second-order valence-electron chi connectivity index (χ2n) is 11.2. The minimum absolute atomic E-state index is 0. The van der Waals surface area contributed by atoms with E-state index in [1.54, 1.807) is 0 Å². The van der Waals surface area contributed by atoms with Crippen LogP contribution in [0.4, 0.5) is 0 Å². The SMILES string of the molecule is C.C.C=CCCCC.C=CCCCC.C[SiH](O[Si](C)(C)C)O[Si](C)(C)C.[SiH3]c1ccccc1.[SiH3]c1ccccc1. The number of unbranched alkanes of at least 4 members (excludes halogenated alkanes) is 4.